The van der Waals surface area contributed by atoms with Crippen molar-refractivity contribution >= 4 is 68.6 Å². The van der Waals surface area contributed by atoms with Gasteiger partial charge in [0.15, 0.2) is 0 Å². The normalized spacial score (nSPS) is 11.1. The van der Waals surface area contributed by atoms with Crippen LogP contribution in [0.3, 0.4) is 0 Å². The number of carboxylic acid groups (broad SMARTS) is 4. The van der Waals surface area contributed by atoms with Gasteiger partial charge >= 0.3 is 23.9 Å². The van der Waals surface area contributed by atoms with Gasteiger partial charge in [-0.3, -0.25) is 0 Å². The van der Waals surface area contributed by atoms with Crippen molar-refractivity contribution in [3.8, 4) is 44.9 Å². The van der Waals surface area contributed by atoms with E-state index >= 15 is 0 Å². The van der Waals surface area contributed by atoms with Crippen LogP contribution in [-0.2, 0) is 0 Å². The number of halogens is 2. The molecule has 0 radical (unpaired) electrons. The van der Waals surface area contributed by atoms with E-state index in [0.717, 1.165) is 12.1 Å². The fraction of sp³-hybridized carbons (Fsp3) is 0.100. The third-order valence-corrected chi connectivity index (χ3v) is 8.92. The predicted octanol–water partition coefficient (Wildman–Crippen LogP) is 9.89. The summed E-state index contributed by atoms with van der Waals surface area (Å²) in [6, 6.07) is 21.4. The maximum atomic E-state index is 12.0. The molecule has 6 rings (SSSR count). The minimum absolute atomic E-state index is 0.215. The summed E-state index contributed by atoms with van der Waals surface area (Å²) in [5.74, 6) is -4.49. The standard InChI is InChI=1S/C40H28Cl2O10/c1-3-51-33-17-29(19-9-21(37(43)44)13-22(10-19)38(45)46)31-15-25(41)5-7-27(31)35(33)36-28-8-6-26(42)16-32(28)30(18-34(36)52-4-2)20-11-23(39(47)48)14-24(12-20)40(49)50/h5-18H,3-4H2,1-2H3,(H,43,44)(H,45,46)(H,47,48)(H,49,50). The molecule has 0 spiro atoms. The number of hydrogen-bond donors (Lipinski definition) is 4. The van der Waals surface area contributed by atoms with E-state index in [9.17, 15) is 39.6 Å². The van der Waals surface area contributed by atoms with E-state index in [1.807, 2.05) is 0 Å². The number of ether oxygens (including phenoxy) is 2. The van der Waals surface area contributed by atoms with Gasteiger partial charge in [0, 0.05) is 21.2 Å². The lowest BCUT2D eigenvalue weighted by molar-refractivity contribution is 0.0676. The Hall–Kier alpha value is -6.10. The Morgan fingerprint density at radius 2 is 0.808 bits per heavy atom. The first kappa shape index (κ1) is 35.7. The molecule has 0 aromatic heterocycles. The highest BCUT2D eigenvalue weighted by molar-refractivity contribution is 6.32. The first-order valence-corrected chi connectivity index (χ1v) is 16.6. The minimum atomic E-state index is -1.30. The topological polar surface area (TPSA) is 168 Å². The van der Waals surface area contributed by atoms with Crippen molar-refractivity contribution in [1.82, 2.24) is 0 Å². The average Bonchev–Trinajstić information content (AvgIpc) is 3.11. The molecule has 0 unspecified atom stereocenters. The van der Waals surface area contributed by atoms with Gasteiger partial charge in [0.25, 0.3) is 0 Å². The fourth-order valence-electron chi connectivity index (χ4n) is 6.33. The van der Waals surface area contributed by atoms with Crippen LogP contribution >= 0.6 is 23.2 Å². The molecule has 0 aliphatic rings. The Morgan fingerprint density at radius 3 is 1.10 bits per heavy atom. The predicted molar refractivity (Wildman–Crippen MR) is 198 cm³/mol. The van der Waals surface area contributed by atoms with Gasteiger partial charge in [-0.05, 0) is 130 Å². The van der Waals surface area contributed by atoms with Crippen LogP contribution < -0.4 is 9.47 Å². The summed E-state index contributed by atoms with van der Waals surface area (Å²) in [6.07, 6.45) is 0. The first-order valence-electron chi connectivity index (χ1n) is 15.8. The lowest BCUT2D eigenvalue weighted by Crippen LogP contribution is -2.04. The smallest absolute Gasteiger partial charge is 0.335 e. The average molecular weight is 740 g/mol. The van der Waals surface area contributed by atoms with Crippen LogP contribution in [0.4, 0.5) is 0 Å². The lowest BCUT2D eigenvalue weighted by Gasteiger charge is -2.23. The fourth-order valence-corrected chi connectivity index (χ4v) is 6.68. The third kappa shape index (κ3) is 6.69. The molecule has 4 N–H and O–H groups in total. The van der Waals surface area contributed by atoms with Crippen LogP contribution in [0.15, 0.2) is 84.9 Å². The van der Waals surface area contributed by atoms with Crippen LogP contribution in [0.25, 0.3) is 54.9 Å². The molecule has 0 atom stereocenters. The van der Waals surface area contributed by atoms with Crippen LogP contribution in [0, 0.1) is 0 Å². The first-order chi connectivity index (χ1) is 24.8. The van der Waals surface area contributed by atoms with E-state index in [0.29, 0.717) is 76.5 Å². The molecule has 0 amide bonds. The molecule has 0 saturated carbocycles. The Bertz CT molecular complexity index is 2250. The van der Waals surface area contributed by atoms with E-state index < -0.39 is 23.9 Å². The van der Waals surface area contributed by atoms with E-state index in [1.54, 1.807) is 62.4 Å². The maximum absolute atomic E-state index is 12.0. The molecular formula is C40H28Cl2O10. The van der Waals surface area contributed by atoms with Gasteiger partial charge in [-0.25, -0.2) is 19.2 Å². The van der Waals surface area contributed by atoms with Crippen molar-refractivity contribution < 1.29 is 49.1 Å². The number of rotatable bonds is 11. The van der Waals surface area contributed by atoms with Crippen molar-refractivity contribution in [2.75, 3.05) is 13.2 Å². The Kier molecular flexibility index (Phi) is 9.79. The molecule has 10 nitrogen and oxygen atoms in total. The van der Waals surface area contributed by atoms with Gasteiger partial charge < -0.3 is 29.9 Å². The van der Waals surface area contributed by atoms with E-state index in [2.05, 4.69) is 0 Å². The molecule has 6 aromatic carbocycles. The summed E-state index contributed by atoms with van der Waals surface area (Å²) >= 11 is 13.1. The van der Waals surface area contributed by atoms with Crippen LogP contribution in [0.5, 0.6) is 11.5 Å². The van der Waals surface area contributed by atoms with Crippen molar-refractivity contribution in [2.45, 2.75) is 13.8 Å². The molecule has 12 heteroatoms. The van der Waals surface area contributed by atoms with Gasteiger partial charge in [-0.2, -0.15) is 0 Å². The molecule has 6 aromatic rings. The zero-order valence-electron chi connectivity index (χ0n) is 27.5. The minimum Gasteiger partial charge on any atom is -0.493 e. The number of benzene rings is 6. The summed E-state index contributed by atoms with van der Waals surface area (Å²) in [5, 5.41) is 42.3. The third-order valence-electron chi connectivity index (χ3n) is 8.45. The second kappa shape index (κ2) is 14.3. The highest BCUT2D eigenvalue weighted by Crippen LogP contribution is 2.51. The summed E-state index contributed by atoms with van der Waals surface area (Å²) in [4.78, 5) is 48.2. The number of carboxylic acids is 4. The van der Waals surface area contributed by atoms with Crippen molar-refractivity contribution in [3.63, 3.8) is 0 Å². The highest BCUT2D eigenvalue weighted by Gasteiger charge is 2.25. The number of hydrogen-bond acceptors (Lipinski definition) is 6. The second-order valence-electron chi connectivity index (χ2n) is 11.7. The van der Waals surface area contributed by atoms with E-state index in [4.69, 9.17) is 32.7 Å². The van der Waals surface area contributed by atoms with Gasteiger partial charge in [-0.1, -0.05) is 35.3 Å². The summed E-state index contributed by atoms with van der Waals surface area (Å²) in [7, 11) is 0. The van der Waals surface area contributed by atoms with Gasteiger partial charge in [0.2, 0.25) is 0 Å². The summed E-state index contributed by atoms with van der Waals surface area (Å²) in [6.45, 7) is 4.02. The molecule has 0 bridgehead atoms. The SMILES string of the molecule is CCOc1cc(-c2cc(C(=O)O)cc(C(=O)O)c2)c2cc(Cl)ccc2c1-c1c(OCC)cc(-c2cc(C(=O)O)cc(C(=O)O)c2)c2cc(Cl)ccc12. The number of carbonyl (C=O) groups is 4. The Labute approximate surface area is 306 Å². The van der Waals surface area contributed by atoms with Gasteiger partial charge in [0.05, 0.1) is 35.5 Å². The van der Waals surface area contributed by atoms with E-state index in [-0.39, 0.29) is 35.5 Å². The monoisotopic (exact) mass is 738 g/mol. The number of aromatic carboxylic acids is 4. The zero-order chi connectivity index (χ0) is 37.4. The maximum Gasteiger partial charge on any atom is 0.335 e. The molecule has 0 aliphatic heterocycles. The van der Waals surface area contributed by atoms with Gasteiger partial charge in [0.1, 0.15) is 11.5 Å². The molecule has 0 fully saturated rings. The lowest BCUT2D eigenvalue weighted by atomic mass is 9.85. The van der Waals surface area contributed by atoms with Crippen molar-refractivity contribution in [2.24, 2.45) is 0 Å². The van der Waals surface area contributed by atoms with Gasteiger partial charge in [-0.15, -0.1) is 0 Å². The highest BCUT2D eigenvalue weighted by atomic mass is 35.5. The van der Waals surface area contributed by atoms with Crippen molar-refractivity contribution in [3.05, 3.63) is 117 Å². The Morgan fingerprint density at radius 1 is 0.481 bits per heavy atom. The second-order valence-corrected chi connectivity index (χ2v) is 12.5. The van der Waals surface area contributed by atoms with Crippen LogP contribution in [0.1, 0.15) is 55.3 Å². The largest absolute Gasteiger partial charge is 0.493 e. The molecule has 52 heavy (non-hydrogen) atoms. The quantitative estimate of drug-likeness (QED) is 0.100. The summed E-state index contributed by atoms with van der Waals surface area (Å²) < 4.78 is 12.5. The molecule has 262 valence electrons. The van der Waals surface area contributed by atoms with Crippen LogP contribution in [0.2, 0.25) is 10.0 Å². The van der Waals surface area contributed by atoms with Crippen molar-refractivity contribution in [1.29, 1.82) is 0 Å². The Balaban J connectivity index is 1.76. The summed E-state index contributed by atoms with van der Waals surface area (Å²) in [5.41, 5.74) is 1.79. The number of fused-ring (bicyclic) bond motifs is 2. The molecular weight excluding hydrogens is 711 g/mol. The molecule has 0 heterocycles. The van der Waals surface area contributed by atoms with Crippen LogP contribution in [-0.4, -0.2) is 57.5 Å². The molecule has 0 aliphatic carbocycles. The van der Waals surface area contributed by atoms with E-state index in [1.165, 1.54) is 24.3 Å². The zero-order valence-corrected chi connectivity index (χ0v) is 29.0. The molecule has 0 saturated heterocycles.